The van der Waals surface area contributed by atoms with Gasteiger partial charge in [-0.2, -0.15) is 0 Å². The van der Waals surface area contributed by atoms with E-state index in [0.717, 1.165) is 18.4 Å². The number of rotatable bonds is 7. The molecule has 0 fully saturated rings. The van der Waals surface area contributed by atoms with Gasteiger partial charge in [-0.1, -0.05) is 19.1 Å². The Morgan fingerprint density at radius 1 is 1.30 bits per heavy atom. The Bertz CT molecular complexity index is 538. The summed E-state index contributed by atoms with van der Waals surface area (Å²) in [5.41, 5.74) is 7.89. The number of guanidine groups is 1. The number of hydrogen-bond acceptors (Lipinski definition) is 3. The van der Waals surface area contributed by atoms with Gasteiger partial charge in [-0.25, -0.2) is 13.1 Å². The summed E-state index contributed by atoms with van der Waals surface area (Å²) < 4.78 is 24.1. The van der Waals surface area contributed by atoms with Gasteiger partial charge in [0.1, 0.15) is 0 Å². The molecule has 6 nitrogen and oxygen atoms in total. The van der Waals surface area contributed by atoms with Crippen LogP contribution in [0.2, 0.25) is 0 Å². The lowest BCUT2D eigenvalue weighted by atomic mass is 10.1. The van der Waals surface area contributed by atoms with Crippen molar-refractivity contribution in [1.82, 2.24) is 4.72 Å². The third kappa shape index (κ3) is 7.10. The fraction of sp³-hybridized carbons (Fsp3) is 0.462. The molecule has 0 aliphatic carbocycles. The van der Waals surface area contributed by atoms with E-state index in [1.54, 1.807) is 0 Å². The molecular formula is C13H22N4O2S. The number of sulfonamides is 1. The van der Waals surface area contributed by atoms with E-state index < -0.39 is 10.0 Å². The Morgan fingerprint density at radius 3 is 2.50 bits per heavy atom. The molecule has 0 saturated carbocycles. The minimum atomic E-state index is -3.13. The van der Waals surface area contributed by atoms with Crippen LogP contribution in [0.3, 0.4) is 0 Å². The quantitative estimate of drug-likeness (QED) is 0.396. The number of anilines is 1. The predicted octanol–water partition coefficient (Wildman–Crippen LogP) is 0.915. The van der Waals surface area contributed by atoms with Gasteiger partial charge < -0.3 is 11.1 Å². The first-order chi connectivity index (χ1) is 9.40. The SMILES string of the molecule is CCc1ccc(NC(N)=NCCCNS(C)(=O)=O)cc1. The molecule has 4 N–H and O–H groups in total. The topological polar surface area (TPSA) is 96.6 Å². The van der Waals surface area contributed by atoms with E-state index in [1.807, 2.05) is 24.3 Å². The van der Waals surface area contributed by atoms with Gasteiger partial charge in [-0.15, -0.1) is 0 Å². The van der Waals surface area contributed by atoms with Crippen LogP contribution in [0.15, 0.2) is 29.3 Å². The van der Waals surface area contributed by atoms with Crippen molar-refractivity contribution in [3.05, 3.63) is 29.8 Å². The molecule has 1 aromatic rings. The molecule has 112 valence electrons. The van der Waals surface area contributed by atoms with Crippen LogP contribution in [0.4, 0.5) is 5.69 Å². The number of hydrogen-bond donors (Lipinski definition) is 3. The average Bonchev–Trinajstić information content (AvgIpc) is 2.38. The van der Waals surface area contributed by atoms with E-state index in [-0.39, 0.29) is 0 Å². The largest absolute Gasteiger partial charge is 0.370 e. The molecule has 1 rings (SSSR count). The Balaban J connectivity index is 2.34. The summed E-state index contributed by atoms with van der Waals surface area (Å²) in [5, 5.41) is 2.99. The Morgan fingerprint density at radius 2 is 1.95 bits per heavy atom. The average molecular weight is 298 g/mol. The van der Waals surface area contributed by atoms with Gasteiger partial charge in [0.25, 0.3) is 0 Å². The summed E-state index contributed by atoms with van der Waals surface area (Å²) >= 11 is 0. The highest BCUT2D eigenvalue weighted by Crippen LogP contribution is 2.09. The molecule has 0 radical (unpaired) electrons. The number of nitrogens with two attached hydrogens (primary N) is 1. The van der Waals surface area contributed by atoms with Crippen LogP contribution < -0.4 is 15.8 Å². The molecule has 0 aromatic heterocycles. The molecule has 20 heavy (non-hydrogen) atoms. The second-order valence-electron chi connectivity index (χ2n) is 4.46. The van der Waals surface area contributed by atoms with Gasteiger partial charge in [0.05, 0.1) is 6.26 Å². The highest BCUT2D eigenvalue weighted by atomic mass is 32.2. The lowest BCUT2D eigenvalue weighted by Gasteiger charge is -2.06. The molecule has 0 heterocycles. The Labute approximate surface area is 120 Å². The highest BCUT2D eigenvalue weighted by molar-refractivity contribution is 7.88. The van der Waals surface area contributed by atoms with E-state index in [0.29, 0.717) is 25.5 Å². The van der Waals surface area contributed by atoms with Crippen molar-refractivity contribution >= 4 is 21.7 Å². The van der Waals surface area contributed by atoms with Gasteiger partial charge in [-0.05, 0) is 30.5 Å². The minimum Gasteiger partial charge on any atom is -0.370 e. The van der Waals surface area contributed by atoms with E-state index in [2.05, 4.69) is 22.0 Å². The maximum absolute atomic E-state index is 10.8. The molecule has 0 bridgehead atoms. The van der Waals surface area contributed by atoms with Gasteiger partial charge in [0.2, 0.25) is 10.0 Å². The smallest absolute Gasteiger partial charge is 0.208 e. The second kappa shape index (κ2) is 7.86. The summed E-state index contributed by atoms with van der Waals surface area (Å²) in [6.07, 6.45) is 2.73. The van der Waals surface area contributed by atoms with Gasteiger partial charge >= 0.3 is 0 Å². The molecule has 0 spiro atoms. The van der Waals surface area contributed by atoms with Crippen LogP contribution in [-0.4, -0.2) is 33.7 Å². The first kappa shape index (κ1) is 16.5. The van der Waals surface area contributed by atoms with Crippen LogP contribution >= 0.6 is 0 Å². The lowest BCUT2D eigenvalue weighted by Crippen LogP contribution is -2.25. The van der Waals surface area contributed by atoms with E-state index in [9.17, 15) is 8.42 Å². The standard InChI is InChI=1S/C13H22N4O2S/c1-3-11-5-7-12(8-6-11)17-13(14)15-9-4-10-16-20(2,18)19/h5-8,16H,3-4,9-10H2,1-2H3,(H3,14,15,17). The number of aryl methyl sites for hydroxylation is 1. The molecule has 7 heteroatoms. The summed E-state index contributed by atoms with van der Waals surface area (Å²) in [5.74, 6) is 0.327. The van der Waals surface area contributed by atoms with Crippen molar-refractivity contribution in [3.63, 3.8) is 0 Å². The fourth-order valence-electron chi connectivity index (χ4n) is 1.55. The van der Waals surface area contributed by atoms with Gasteiger partial charge in [0, 0.05) is 18.8 Å². The molecule has 0 atom stereocenters. The number of nitrogens with one attached hydrogen (secondary N) is 2. The third-order valence-corrected chi connectivity index (χ3v) is 3.34. The molecule has 0 saturated heterocycles. The van der Waals surface area contributed by atoms with Crippen LogP contribution in [0.5, 0.6) is 0 Å². The van der Waals surface area contributed by atoms with Crippen molar-refractivity contribution in [2.45, 2.75) is 19.8 Å². The van der Waals surface area contributed by atoms with Crippen molar-refractivity contribution in [3.8, 4) is 0 Å². The van der Waals surface area contributed by atoms with Crippen LogP contribution in [0.25, 0.3) is 0 Å². The summed E-state index contributed by atoms with van der Waals surface area (Å²) in [6.45, 7) is 2.93. The van der Waals surface area contributed by atoms with Crippen LogP contribution in [0.1, 0.15) is 18.9 Å². The lowest BCUT2D eigenvalue weighted by molar-refractivity contribution is 0.586. The molecule has 0 unspecified atom stereocenters. The van der Waals surface area contributed by atoms with Crippen molar-refractivity contribution in [2.75, 3.05) is 24.7 Å². The van der Waals surface area contributed by atoms with Gasteiger partial charge in [-0.3, -0.25) is 4.99 Å². The zero-order valence-electron chi connectivity index (χ0n) is 11.9. The molecule has 0 aliphatic heterocycles. The Kier molecular flexibility index (Phi) is 6.47. The molecule has 0 aliphatic rings. The number of aliphatic imine (C=N–C) groups is 1. The first-order valence-corrected chi connectivity index (χ1v) is 8.40. The number of benzene rings is 1. The van der Waals surface area contributed by atoms with Crippen molar-refractivity contribution in [1.29, 1.82) is 0 Å². The molecular weight excluding hydrogens is 276 g/mol. The van der Waals surface area contributed by atoms with Crippen LogP contribution in [-0.2, 0) is 16.4 Å². The summed E-state index contributed by atoms with van der Waals surface area (Å²) in [4.78, 5) is 4.13. The Hall–Kier alpha value is -1.60. The molecule has 1 aromatic carbocycles. The minimum absolute atomic E-state index is 0.327. The third-order valence-electron chi connectivity index (χ3n) is 2.62. The first-order valence-electron chi connectivity index (χ1n) is 6.51. The van der Waals surface area contributed by atoms with E-state index >= 15 is 0 Å². The summed E-state index contributed by atoms with van der Waals surface area (Å²) in [6, 6.07) is 7.97. The maximum atomic E-state index is 10.8. The number of nitrogens with zero attached hydrogens (tertiary/aromatic N) is 1. The normalized spacial score (nSPS) is 12.4. The van der Waals surface area contributed by atoms with Crippen LogP contribution in [0, 0.1) is 0 Å². The molecule has 0 amide bonds. The second-order valence-corrected chi connectivity index (χ2v) is 6.30. The zero-order valence-corrected chi connectivity index (χ0v) is 12.7. The van der Waals surface area contributed by atoms with Crippen molar-refractivity contribution in [2.24, 2.45) is 10.7 Å². The highest BCUT2D eigenvalue weighted by Gasteiger charge is 1.99. The maximum Gasteiger partial charge on any atom is 0.208 e. The van der Waals surface area contributed by atoms with Gasteiger partial charge in [0.15, 0.2) is 5.96 Å². The van der Waals surface area contributed by atoms with E-state index in [1.165, 1.54) is 5.56 Å². The summed E-state index contributed by atoms with van der Waals surface area (Å²) in [7, 11) is -3.13. The zero-order chi connectivity index (χ0) is 15.0. The van der Waals surface area contributed by atoms with Crippen molar-refractivity contribution < 1.29 is 8.42 Å². The predicted molar refractivity (Wildman–Crippen MR) is 83.4 cm³/mol. The monoisotopic (exact) mass is 298 g/mol. The van der Waals surface area contributed by atoms with E-state index in [4.69, 9.17) is 5.73 Å². The fourth-order valence-corrected chi connectivity index (χ4v) is 2.06.